The highest BCUT2D eigenvalue weighted by Gasteiger charge is 2.39. The number of rotatable bonds is 2. The maximum Gasteiger partial charge on any atom is 0.228 e. The molecule has 16 heavy (non-hydrogen) atoms. The van der Waals surface area contributed by atoms with Crippen LogP contribution in [0.3, 0.4) is 0 Å². The van der Waals surface area contributed by atoms with Gasteiger partial charge in [0.15, 0.2) is 0 Å². The molecule has 4 heteroatoms. The molecule has 0 bridgehead atoms. The summed E-state index contributed by atoms with van der Waals surface area (Å²) in [6, 6.07) is 7.36. The fraction of sp³-hybridized carbons (Fsp3) is 0.417. The zero-order valence-corrected chi connectivity index (χ0v) is 9.11. The SMILES string of the molecule is NC(=O)C1(c2ccc(N)cc2)CCOCC1. The first-order valence-corrected chi connectivity index (χ1v) is 5.39. The summed E-state index contributed by atoms with van der Waals surface area (Å²) in [5.74, 6) is -0.277. The van der Waals surface area contributed by atoms with Gasteiger partial charge in [-0.25, -0.2) is 0 Å². The van der Waals surface area contributed by atoms with Gasteiger partial charge in [0.2, 0.25) is 5.91 Å². The third-order valence-electron chi connectivity index (χ3n) is 3.28. The molecule has 0 spiro atoms. The number of nitrogen functional groups attached to an aromatic ring is 1. The number of hydrogen-bond donors (Lipinski definition) is 2. The average Bonchev–Trinajstić information content (AvgIpc) is 2.30. The van der Waals surface area contributed by atoms with Crippen LogP contribution >= 0.6 is 0 Å². The van der Waals surface area contributed by atoms with E-state index >= 15 is 0 Å². The average molecular weight is 220 g/mol. The first kappa shape index (κ1) is 11.0. The van der Waals surface area contributed by atoms with Gasteiger partial charge in [0, 0.05) is 18.9 Å². The van der Waals surface area contributed by atoms with Crippen LogP contribution in [0.15, 0.2) is 24.3 Å². The summed E-state index contributed by atoms with van der Waals surface area (Å²) < 4.78 is 5.29. The molecule has 0 atom stereocenters. The van der Waals surface area contributed by atoms with Gasteiger partial charge >= 0.3 is 0 Å². The van der Waals surface area contributed by atoms with Crippen LogP contribution in [-0.4, -0.2) is 19.1 Å². The lowest BCUT2D eigenvalue weighted by Gasteiger charge is -2.34. The predicted molar refractivity (Wildman–Crippen MR) is 61.8 cm³/mol. The Morgan fingerprint density at radius 2 is 1.75 bits per heavy atom. The van der Waals surface area contributed by atoms with Gasteiger partial charge in [-0.2, -0.15) is 0 Å². The monoisotopic (exact) mass is 220 g/mol. The molecular formula is C12H16N2O2. The number of hydrogen-bond acceptors (Lipinski definition) is 3. The lowest BCUT2D eigenvalue weighted by Crippen LogP contribution is -2.45. The van der Waals surface area contributed by atoms with Gasteiger partial charge in [-0.15, -0.1) is 0 Å². The molecule has 1 aromatic rings. The zero-order valence-electron chi connectivity index (χ0n) is 9.11. The van der Waals surface area contributed by atoms with Crippen molar-refractivity contribution in [2.24, 2.45) is 5.73 Å². The fourth-order valence-electron chi connectivity index (χ4n) is 2.20. The summed E-state index contributed by atoms with van der Waals surface area (Å²) in [6.07, 6.45) is 1.29. The van der Waals surface area contributed by atoms with Gasteiger partial charge in [-0.3, -0.25) is 4.79 Å². The topological polar surface area (TPSA) is 78.3 Å². The minimum atomic E-state index is -0.577. The van der Waals surface area contributed by atoms with Crippen molar-refractivity contribution in [2.45, 2.75) is 18.3 Å². The number of benzene rings is 1. The van der Waals surface area contributed by atoms with Crippen molar-refractivity contribution in [1.82, 2.24) is 0 Å². The third kappa shape index (κ3) is 1.76. The molecule has 1 aliphatic heterocycles. The number of amides is 1. The minimum Gasteiger partial charge on any atom is -0.399 e. The Morgan fingerprint density at radius 1 is 1.19 bits per heavy atom. The van der Waals surface area contributed by atoms with Crippen molar-refractivity contribution in [3.05, 3.63) is 29.8 Å². The van der Waals surface area contributed by atoms with Crippen molar-refractivity contribution < 1.29 is 9.53 Å². The fourth-order valence-corrected chi connectivity index (χ4v) is 2.20. The van der Waals surface area contributed by atoms with E-state index in [2.05, 4.69) is 0 Å². The Balaban J connectivity index is 2.38. The van der Waals surface area contributed by atoms with E-state index < -0.39 is 5.41 Å². The number of carbonyl (C=O) groups excluding carboxylic acids is 1. The Bertz CT molecular complexity index is 381. The Hall–Kier alpha value is -1.55. The van der Waals surface area contributed by atoms with Crippen LogP contribution in [0.5, 0.6) is 0 Å². The molecule has 1 heterocycles. The first-order chi connectivity index (χ1) is 7.65. The van der Waals surface area contributed by atoms with Gasteiger partial charge in [-0.05, 0) is 30.5 Å². The first-order valence-electron chi connectivity index (χ1n) is 5.39. The van der Waals surface area contributed by atoms with Crippen LogP contribution in [0.1, 0.15) is 18.4 Å². The Labute approximate surface area is 94.6 Å². The molecule has 1 aromatic carbocycles. The molecule has 0 aliphatic carbocycles. The van der Waals surface area contributed by atoms with E-state index in [1.165, 1.54) is 0 Å². The summed E-state index contributed by atoms with van der Waals surface area (Å²) in [5.41, 5.74) is 12.2. The third-order valence-corrected chi connectivity index (χ3v) is 3.28. The van der Waals surface area contributed by atoms with Crippen LogP contribution in [0.25, 0.3) is 0 Å². The molecule has 1 saturated heterocycles. The Morgan fingerprint density at radius 3 is 2.25 bits per heavy atom. The molecule has 0 saturated carbocycles. The van der Waals surface area contributed by atoms with Crippen molar-refractivity contribution in [1.29, 1.82) is 0 Å². The number of carbonyl (C=O) groups is 1. The zero-order chi connectivity index (χ0) is 11.6. The quantitative estimate of drug-likeness (QED) is 0.724. The molecule has 86 valence electrons. The van der Waals surface area contributed by atoms with E-state index in [9.17, 15) is 4.79 Å². The van der Waals surface area contributed by atoms with E-state index in [4.69, 9.17) is 16.2 Å². The Kier molecular flexibility index (Phi) is 2.83. The molecule has 4 N–H and O–H groups in total. The molecule has 0 radical (unpaired) electrons. The summed E-state index contributed by atoms with van der Waals surface area (Å²) in [5, 5.41) is 0. The number of primary amides is 1. The highest BCUT2D eigenvalue weighted by Crippen LogP contribution is 2.34. The van der Waals surface area contributed by atoms with Crippen LogP contribution < -0.4 is 11.5 Å². The summed E-state index contributed by atoms with van der Waals surface area (Å²) >= 11 is 0. The van der Waals surface area contributed by atoms with Crippen LogP contribution in [-0.2, 0) is 14.9 Å². The molecule has 2 rings (SSSR count). The predicted octanol–water partition coefficient (Wildman–Crippen LogP) is 0.802. The summed E-state index contributed by atoms with van der Waals surface area (Å²) in [6.45, 7) is 1.15. The van der Waals surface area contributed by atoms with Crippen LogP contribution in [0.4, 0.5) is 5.69 Å². The van der Waals surface area contributed by atoms with Crippen LogP contribution in [0, 0.1) is 0 Å². The van der Waals surface area contributed by atoms with E-state index in [1.54, 1.807) is 12.1 Å². The van der Waals surface area contributed by atoms with Gasteiger partial charge in [-0.1, -0.05) is 12.1 Å². The number of ether oxygens (including phenoxy) is 1. The van der Waals surface area contributed by atoms with Gasteiger partial charge < -0.3 is 16.2 Å². The minimum absolute atomic E-state index is 0.277. The maximum absolute atomic E-state index is 11.7. The van der Waals surface area contributed by atoms with Gasteiger partial charge in [0.1, 0.15) is 0 Å². The molecule has 0 unspecified atom stereocenters. The molecule has 0 aromatic heterocycles. The standard InChI is InChI=1S/C12H16N2O2/c13-10-3-1-9(2-4-10)12(11(14)15)5-7-16-8-6-12/h1-4H,5-8,13H2,(H2,14,15). The molecule has 1 aliphatic rings. The molecule has 1 fully saturated rings. The normalized spacial score (nSPS) is 19.2. The van der Waals surface area contributed by atoms with Crippen LogP contribution in [0.2, 0.25) is 0 Å². The second-order valence-corrected chi connectivity index (χ2v) is 4.18. The second-order valence-electron chi connectivity index (χ2n) is 4.18. The van der Waals surface area contributed by atoms with Crippen molar-refractivity contribution in [3.63, 3.8) is 0 Å². The van der Waals surface area contributed by atoms with Crippen molar-refractivity contribution in [3.8, 4) is 0 Å². The second kappa shape index (κ2) is 4.14. The number of nitrogens with two attached hydrogens (primary N) is 2. The van der Waals surface area contributed by atoms with E-state index in [1.807, 2.05) is 12.1 Å². The lowest BCUT2D eigenvalue weighted by molar-refractivity contribution is -0.127. The van der Waals surface area contributed by atoms with Crippen molar-refractivity contribution >= 4 is 11.6 Å². The molecular weight excluding hydrogens is 204 g/mol. The largest absolute Gasteiger partial charge is 0.399 e. The highest BCUT2D eigenvalue weighted by atomic mass is 16.5. The molecule has 1 amide bonds. The van der Waals surface area contributed by atoms with E-state index in [0.717, 1.165) is 5.56 Å². The van der Waals surface area contributed by atoms with Gasteiger partial charge in [0.25, 0.3) is 0 Å². The van der Waals surface area contributed by atoms with Gasteiger partial charge in [0.05, 0.1) is 5.41 Å². The summed E-state index contributed by atoms with van der Waals surface area (Å²) in [4.78, 5) is 11.7. The van der Waals surface area contributed by atoms with E-state index in [-0.39, 0.29) is 5.91 Å². The van der Waals surface area contributed by atoms with E-state index in [0.29, 0.717) is 31.7 Å². The highest BCUT2D eigenvalue weighted by molar-refractivity contribution is 5.87. The smallest absolute Gasteiger partial charge is 0.228 e. The summed E-state index contributed by atoms with van der Waals surface area (Å²) in [7, 11) is 0. The molecule has 4 nitrogen and oxygen atoms in total. The number of anilines is 1. The lowest BCUT2D eigenvalue weighted by atomic mass is 9.73. The van der Waals surface area contributed by atoms with Crippen molar-refractivity contribution in [2.75, 3.05) is 18.9 Å². The maximum atomic E-state index is 11.7.